The highest BCUT2D eigenvalue weighted by Gasteiger charge is 2.08. The van der Waals surface area contributed by atoms with E-state index in [-0.39, 0.29) is 5.91 Å². The number of nitrogens with zero attached hydrogens (tertiary/aromatic N) is 1. The zero-order chi connectivity index (χ0) is 10.5. The van der Waals surface area contributed by atoms with Crippen molar-refractivity contribution >= 4 is 5.91 Å². The van der Waals surface area contributed by atoms with Crippen molar-refractivity contribution in [3.05, 3.63) is 29.6 Å². The summed E-state index contributed by atoms with van der Waals surface area (Å²) in [5.41, 5.74) is 1.86. The van der Waals surface area contributed by atoms with Crippen LogP contribution >= 0.6 is 0 Å². The van der Waals surface area contributed by atoms with Crippen LogP contribution in [0.25, 0.3) is 0 Å². The second kappa shape index (κ2) is 4.75. The monoisotopic (exact) mass is 206 g/mol. The molecule has 0 atom stereocenters. The lowest BCUT2D eigenvalue weighted by Crippen LogP contribution is -2.29. The van der Waals surface area contributed by atoms with Crippen molar-refractivity contribution in [3.63, 3.8) is 0 Å². The Kier molecular flexibility index (Phi) is 3.14. The van der Waals surface area contributed by atoms with Crippen LogP contribution in [0.4, 0.5) is 0 Å². The summed E-state index contributed by atoms with van der Waals surface area (Å²) < 4.78 is 0. The van der Waals surface area contributed by atoms with E-state index in [9.17, 15) is 4.79 Å². The standard InChI is InChI=1S/C10H14N4O/c15-10(9-6-13-14-7-9)12-5-8-1-3-11-4-2-8/h1,6-7,11H,2-5H2,(H,12,15)(H,13,14). The zero-order valence-electron chi connectivity index (χ0n) is 8.42. The van der Waals surface area contributed by atoms with Crippen molar-refractivity contribution in [1.82, 2.24) is 20.8 Å². The van der Waals surface area contributed by atoms with Crippen LogP contribution in [0.15, 0.2) is 24.0 Å². The van der Waals surface area contributed by atoms with E-state index in [0.717, 1.165) is 19.5 Å². The Morgan fingerprint density at radius 2 is 2.53 bits per heavy atom. The zero-order valence-corrected chi connectivity index (χ0v) is 8.42. The van der Waals surface area contributed by atoms with Crippen molar-refractivity contribution in [2.24, 2.45) is 0 Å². The van der Waals surface area contributed by atoms with Gasteiger partial charge in [0, 0.05) is 19.3 Å². The number of aromatic nitrogens is 2. The largest absolute Gasteiger partial charge is 0.348 e. The lowest BCUT2D eigenvalue weighted by atomic mass is 10.1. The average Bonchev–Trinajstić information content (AvgIpc) is 2.81. The first kappa shape index (κ1) is 9.92. The van der Waals surface area contributed by atoms with Crippen LogP contribution in [-0.4, -0.2) is 35.7 Å². The molecule has 1 aromatic rings. The smallest absolute Gasteiger partial charge is 0.254 e. The Bertz CT molecular complexity index is 356. The maximum Gasteiger partial charge on any atom is 0.254 e. The molecule has 2 heterocycles. The summed E-state index contributed by atoms with van der Waals surface area (Å²) in [5, 5.41) is 12.4. The number of carbonyl (C=O) groups is 1. The van der Waals surface area contributed by atoms with E-state index in [0.29, 0.717) is 12.1 Å². The third-order valence-corrected chi connectivity index (χ3v) is 2.39. The SMILES string of the molecule is O=C(NCC1=CCNCC1)c1cn[nH]c1. The molecular formula is C10H14N4O. The predicted octanol–water partition coefficient (Wildman–Crippen LogP) is 0.0592. The van der Waals surface area contributed by atoms with Crippen LogP contribution in [0.2, 0.25) is 0 Å². The Labute approximate surface area is 87.9 Å². The fourth-order valence-electron chi connectivity index (χ4n) is 1.50. The molecule has 2 rings (SSSR count). The number of nitrogens with one attached hydrogen (secondary N) is 3. The summed E-state index contributed by atoms with van der Waals surface area (Å²) in [6.07, 6.45) is 6.24. The molecule has 15 heavy (non-hydrogen) atoms. The minimum atomic E-state index is -0.0804. The third-order valence-electron chi connectivity index (χ3n) is 2.39. The highest BCUT2D eigenvalue weighted by atomic mass is 16.1. The van der Waals surface area contributed by atoms with Crippen LogP contribution in [-0.2, 0) is 0 Å². The number of hydrogen-bond donors (Lipinski definition) is 3. The van der Waals surface area contributed by atoms with E-state index in [1.165, 1.54) is 11.8 Å². The molecule has 80 valence electrons. The molecule has 0 unspecified atom stereocenters. The number of aromatic amines is 1. The lowest BCUT2D eigenvalue weighted by Gasteiger charge is -2.14. The quantitative estimate of drug-likeness (QED) is 0.612. The summed E-state index contributed by atoms with van der Waals surface area (Å²) in [7, 11) is 0. The Morgan fingerprint density at radius 1 is 1.60 bits per heavy atom. The normalized spacial score (nSPS) is 15.9. The Hall–Kier alpha value is -1.62. The van der Waals surface area contributed by atoms with Gasteiger partial charge in [-0.15, -0.1) is 0 Å². The van der Waals surface area contributed by atoms with Crippen LogP contribution in [0.5, 0.6) is 0 Å². The van der Waals surface area contributed by atoms with Crippen molar-refractivity contribution < 1.29 is 4.79 Å². The van der Waals surface area contributed by atoms with Gasteiger partial charge in [0.15, 0.2) is 0 Å². The number of H-pyrrole nitrogens is 1. The van der Waals surface area contributed by atoms with Gasteiger partial charge in [-0.25, -0.2) is 0 Å². The summed E-state index contributed by atoms with van der Waals surface area (Å²) >= 11 is 0. The minimum Gasteiger partial charge on any atom is -0.348 e. The third kappa shape index (κ3) is 2.66. The molecule has 5 nitrogen and oxygen atoms in total. The molecule has 1 aliphatic rings. The predicted molar refractivity (Wildman–Crippen MR) is 56.5 cm³/mol. The Balaban J connectivity index is 1.83. The van der Waals surface area contributed by atoms with E-state index in [4.69, 9.17) is 0 Å². The van der Waals surface area contributed by atoms with Gasteiger partial charge in [-0.05, 0) is 13.0 Å². The number of rotatable bonds is 3. The van der Waals surface area contributed by atoms with Crippen molar-refractivity contribution in [2.45, 2.75) is 6.42 Å². The molecule has 0 aliphatic carbocycles. The van der Waals surface area contributed by atoms with Gasteiger partial charge in [-0.1, -0.05) is 11.6 Å². The van der Waals surface area contributed by atoms with Gasteiger partial charge in [-0.2, -0.15) is 5.10 Å². The van der Waals surface area contributed by atoms with Crippen LogP contribution < -0.4 is 10.6 Å². The summed E-state index contributed by atoms with van der Waals surface area (Å²) in [6.45, 7) is 2.52. The first-order valence-corrected chi connectivity index (χ1v) is 5.02. The van der Waals surface area contributed by atoms with E-state index in [1.54, 1.807) is 6.20 Å². The summed E-state index contributed by atoms with van der Waals surface area (Å²) in [6, 6.07) is 0. The first-order valence-electron chi connectivity index (χ1n) is 5.02. The van der Waals surface area contributed by atoms with Gasteiger partial charge >= 0.3 is 0 Å². The fourth-order valence-corrected chi connectivity index (χ4v) is 1.50. The maximum absolute atomic E-state index is 11.5. The van der Waals surface area contributed by atoms with Crippen LogP contribution in [0.1, 0.15) is 16.8 Å². The molecule has 0 radical (unpaired) electrons. The van der Waals surface area contributed by atoms with Gasteiger partial charge in [0.1, 0.15) is 0 Å². The highest BCUT2D eigenvalue weighted by molar-refractivity contribution is 5.93. The second-order valence-corrected chi connectivity index (χ2v) is 3.49. The molecule has 1 aliphatic heterocycles. The van der Waals surface area contributed by atoms with Gasteiger partial charge in [-0.3, -0.25) is 9.89 Å². The van der Waals surface area contributed by atoms with E-state index < -0.39 is 0 Å². The van der Waals surface area contributed by atoms with Gasteiger partial charge < -0.3 is 10.6 Å². The Morgan fingerprint density at radius 3 is 3.20 bits per heavy atom. The van der Waals surface area contributed by atoms with E-state index in [2.05, 4.69) is 26.9 Å². The summed E-state index contributed by atoms with van der Waals surface area (Å²) in [5.74, 6) is -0.0804. The topological polar surface area (TPSA) is 69.8 Å². The molecule has 3 N–H and O–H groups in total. The average molecular weight is 206 g/mol. The van der Waals surface area contributed by atoms with Gasteiger partial charge in [0.25, 0.3) is 5.91 Å². The van der Waals surface area contributed by atoms with Crippen molar-refractivity contribution in [1.29, 1.82) is 0 Å². The van der Waals surface area contributed by atoms with Crippen molar-refractivity contribution in [2.75, 3.05) is 19.6 Å². The molecule has 1 aromatic heterocycles. The molecule has 1 amide bonds. The molecule has 0 fully saturated rings. The molecule has 0 bridgehead atoms. The number of carbonyl (C=O) groups excluding carboxylic acids is 1. The summed E-state index contributed by atoms with van der Waals surface area (Å²) in [4.78, 5) is 11.5. The molecular weight excluding hydrogens is 192 g/mol. The van der Waals surface area contributed by atoms with Gasteiger partial charge in [0.2, 0.25) is 0 Å². The first-order chi connectivity index (χ1) is 7.36. The number of hydrogen-bond acceptors (Lipinski definition) is 3. The molecule has 0 aromatic carbocycles. The second-order valence-electron chi connectivity index (χ2n) is 3.49. The van der Waals surface area contributed by atoms with Gasteiger partial charge in [0.05, 0.1) is 11.8 Å². The highest BCUT2D eigenvalue weighted by Crippen LogP contribution is 2.02. The van der Waals surface area contributed by atoms with Crippen LogP contribution in [0, 0.1) is 0 Å². The van der Waals surface area contributed by atoms with E-state index >= 15 is 0 Å². The molecule has 0 spiro atoms. The maximum atomic E-state index is 11.5. The minimum absolute atomic E-state index is 0.0804. The fraction of sp³-hybridized carbons (Fsp3) is 0.400. The van der Waals surface area contributed by atoms with Crippen molar-refractivity contribution in [3.8, 4) is 0 Å². The lowest BCUT2D eigenvalue weighted by molar-refractivity contribution is 0.0956. The molecule has 5 heteroatoms. The molecule has 0 saturated carbocycles. The number of amides is 1. The van der Waals surface area contributed by atoms with Crippen LogP contribution in [0.3, 0.4) is 0 Å². The molecule has 0 saturated heterocycles. The van der Waals surface area contributed by atoms with E-state index in [1.807, 2.05) is 0 Å².